The first-order chi connectivity index (χ1) is 12.6. The summed E-state index contributed by atoms with van der Waals surface area (Å²) in [6.07, 6.45) is 4.27. The van der Waals surface area contributed by atoms with Crippen molar-refractivity contribution in [3.63, 3.8) is 0 Å². The van der Waals surface area contributed by atoms with Gasteiger partial charge in [-0.15, -0.1) is 0 Å². The minimum Gasteiger partial charge on any atom is -0.368 e. The Morgan fingerprint density at radius 3 is 2.62 bits per heavy atom. The fourth-order valence-corrected chi connectivity index (χ4v) is 3.61. The van der Waals surface area contributed by atoms with Gasteiger partial charge in [-0.3, -0.25) is 4.79 Å². The molecule has 0 unspecified atom stereocenters. The molecule has 26 heavy (non-hydrogen) atoms. The maximum Gasteiger partial charge on any atom is 0.228 e. The number of hydrogen-bond acceptors (Lipinski definition) is 3. The van der Waals surface area contributed by atoms with Crippen LogP contribution in [-0.4, -0.2) is 46.4 Å². The fourth-order valence-electron chi connectivity index (χ4n) is 3.61. The molecular weight excluding hydrogens is 324 g/mol. The van der Waals surface area contributed by atoms with E-state index in [1.165, 1.54) is 16.8 Å². The molecule has 1 aliphatic rings. The summed E-state index contributed by atoms with van der Waals surface area (Å²) in [6.45, 7) is 7.60. The maximum atomic E-state index is 12.7. The zero-order valence-electron chi connectivity index (χ0n) is 15.4. The molecule has 1 aliphatic heterocycles. The third-order valence-electron chi connectivity index (χ3n) is 5.30. The molecule has 0 saturated carbocycles. The number of imidazole rings is 1. The van der Waals surface area contributed by atoms with E-state index in [4.69, 9.17) is 0 Å². The molecule has 5 heteroatoms. The highest BCUT2D eigenvalue weighted by Gasteiger charge is 2.23. The Hall–Kier alpha value is -2.82. The molecule has 134 valence electrons. The van der Waals surface area contributed by atoms with Crippen molar-refractivity contribution in [2.45, 2.75) is 20.3 Å². The Kier molecular flexibility index (Phi) is 4.37. The number of hydrogen-bond donors (Lipinski definition) is 0. The highest BCUT2D eigenvalue weighted by Crippen LogP contribution is 2.24. The molecule has 3 aromatic rings. The number of fused-ring (bicyclic) bond motifs is 1. The standard InChI is InChI=1S/C21H24N4O/c1-16-6-5-7-19(17(16)2)23-10-12-24(13-11-23)21(26)14-18-15-25-9-4-3-8-20(25)22-18/h3-9,15H,10-14H2,1-2H3. The lowest BCUT2D eigenvalue weighted by Gasteiger charge is -2.37. The quantitative estimate of drug-likeness (QED) is 0.731. The second kappa shape index (κ2) is 6.83. The van der Waals surface area contributed by atoms with Crippen LogP contribution in [0.25, 0.3) is 5.65 Å². The third kappa shape index (κ3) is 3.17. The van der Waals surface area contributed by atoms with Crippen LogP contribution in [0, 0.1) is 13.8 Å². The van der Waals surface area contributed by atoms with Crippen molar-refractivity contribution in [1.29, 1.82) is 0 Å². The van der Waals surface area contributed by atoms with E-state index in [0.717, 1.165) is 37.5 Å². The highest BCUT2D eigenvalue weighted by atomic mass is 16.2. The Bertz CT molecular complexity index is 905. The summed E-state index contributed by atoms with van der Waals surface area (Å²) in [5.41, 5.74) is 5.65. The molecule has 0 bridgehead atoms. The van der Waals surface area contributed by atoms with Gasteiger partial charge in [0.05, 0.1) is 12.1 Å². The fraction of sp³-hybridized carbons (Fsp3) is 0.333. The molecule has 0 aliphatic carbocycles. The summed E-state index contributed by atoms with van der Waals surface area (Å²) in [4.78, 5) is 21.6. The number of carbonyl (C=O) groups excluding carboxylic acids is 1. The third-order valence-corrected chi connectivity index (χ3v) is 5.30. The second-order valence-corrected chi connectivity index (χ2v) is 6.96. The summed E-state index contributed by atoms with van der Waals surface area (Å²) in [5.74, 6) is 0.161. The number of aromatic nitrogens is 2. The molecule has 0 spiro atoms. The van der Waals surface area contributed by atoms with E-state index in [2.05, 4.69) is 41.9 Å². The van der Waals surface area contributed by atoms with Crippen molar-refractivity contribution < 1.29 is 4.79 Å². The Morgan fingerprint density at radius 1 is 1.04 bits per heavy atom. The number of amides is 1. The van der Waals surface area contributed by atoms with Crippen molar-refractivity contribution in [1.82, 2.24) is 14.3 Å². The molecular formula is C21H24N4O. The molecule has 1 amide bonds. The first-order valence-corrected chi connectivity index (χ1v) is 9.13. The molecule has 2 aromatic heterocycles. The van der Waals surface area contributed by atoms with Crippen LogP contribution in [0.5, 0.6) is 0 Å². The first kappa shape index (κ1) is 16.6. The lowest BCUT2D eigenvalue weighted by Crippen LogP contribution is -2.49. The number of aryl methyl sites for hydroxylation is 1. The van der Waals surface area contributed by atoms with E-state index < -0.39 is 0 Å². The number of benzene rings is 1. The smallest absolute Gasteiger partial charge is 0.228 e. The van der Waals surface area contributed by atoms with E-state index in [1.54, 1.807) is 0 Å². The lowest BCUT2D eigenvalue weighted by atomic mass is 10.1. The summed E-state index contributed by atoms with van der Waals surface area (Å²) >= 11 is 0. The van der Waals surface area contributed by atoms with Gasteiger partial charge in [0.1, 0.15) is 5.65 Å². The highest BCUT2D eigenvalue weighted by molar-refractivity contribution is 5.79. The van der Waals surface area contributed by atoms with Crippen LogP contribution in [0.4, 0.5) is 5.69 Å². The van der Waals surface area contributed by atoms with Crippen LogP contribution < -0.4 is 4.90 Å². The molecule has 1 saturated heterocycles. The SMILES string of the molecule is Cc1cccc(N2CCN(C(=O)Cc3cn4ccccc4n3)CC2)c1C. The number of anilines is 1. The van der Waals surface area contributed by atoms with Gasteiger partial charge in [-0.05, 0) is 43.2 Å². The van der Waals surface area contributed by atoms with Gasteiger partial charge in [0.15, 0.2) is 0 Å². The Morgan fingerprint density at radius 2 is 1.85 bits per heavy atom. The molecule has 1 fully saturated rings. The molecule has 0 N–H and O–H groups in total. The van der Waals surface area contributed by atoms with Gasteiger partial charge in [0.2, 0.25) is 5.91 Å². The monoisotopic (exact) mass is 348 g/mol. The van der Waals surface area contributed by atoms with Crippen molar-refractivity contribution in [3.05, 3.63) is 65.6 Å². The average Bonchev–Trinajstić information content (AvgIpc) is 3.06. The van der Waals surface area contributed by atoms with Gasteiger partial charge in [-0.1, -0.05) is 18.2 Å². The van der Waals surface area contributed by atoms with Crippen LogP contribution in [0.2, 0.25) is 0 Å². The van der Waals surface area contributed by atoms with Gasteiger partial charge in [-0.25, -0.2) is 4.98 Å². The van der Waals surface area contributed by atoms with Crippen LogP contribution in [0.1, 0.15) is 16.8 Å². The minimum atomic E-state index is 0.161. The van der Waals surface area contributed by atoms with Gasteiger partial charge in [-0.2, -0.15) is 0 Å². The van der Waals surface area contributed by atoms with Gasteiger partial charge < -0.3 is 14.2 Å². The van der Waals surface area contributed by atoms with E-state index >= 15 is 0 Å². The molecule has 4 rings (SSSR count). The summed E-state index contributed by atoms with van der Waals surface area (Å²) < 4.78 is 1.96. The number of carbonyl (C=O) groups is 1. The van der Waals surface area contributed by atoms with Gasteiger partial charge >= 0.3 is 0 Å². The van der Waals surface area contributed by atoms with Crippen LogP contribution in [0.3, 0.4) is 0 Å². The Labute approximate surface area is 153 Å². The predicted octanol–water partition coefficient (Wildman–Crippen LogP) is 2.84. The van der Waals surface area contributed by atoms with E-state index in [-0.39, 0.29) is 5.91 Å². The van der Waals surface area contributed by atoms with E-state index in [0.29, 0.717) is 6.42 Å². The second-order valence-electron chi connectivity index (χ2n) is 6.96. The molecule has 3 heterocycles. The summed E-state index contributed by atoms with van der Waals surface area (Å²) in [5, 5.41) is 0. The van der Waals surface area contributed by atoms with Crippen LogP contribution in [0.15, 0.2) is 48.8 Å². The first-order valence-electron chi connectivity index (χ1n) is 9.13. The van der Waals surface area contributed by atoms with Crippen molar-refractivity contribution in [2.24, 2.45) is 0 Å². The zero-order chi connectivity index (χ0) is 18.1. The topological polar surface area (TPSA) is 40.9 Å². The lowest BCUT2D eigenvalue weighted by molar-refractivity contribution is -0.130. The normalized spacial score (nSPS) is 14.8. The predicted molar refractivity (Wildman–Crippen MR) is 104 cm³/mol. The average molecular weight is 348 g/mol. The molecule has 0 atom stereocenters. The minimum absolute atomic E-state index is 0.161. The summed E-state index contributed by atoms with van der Waals surface area (Å²) in [6, 6.07) is 12.3. The van der Waals surface area contributed by atoms with E-state index in [9.17, 15) is 4.79 Å². The van der Waals surface area contributed by atoms with Crippen LogP contribution >= 0.6 is 0 Å². The van der Waals surface area contributed by atoms with E-state index in [1.807, 2.05) is 39.9 Å². The van der Waals surface area contributed by atoms with Crippen molar-refractivity contribution in [2.75, 3.05) is 31.1 Å². The van der Waals surface area contributed by atoms with Gasteiger partial charge in [0.25, 0.3) is 0 Å². The number of piperazine rings is 1. The van der Waals surface area contributed by atoms with Crippen molar-refractivity contribution in [3.8, 4) is 0 Å². The molecule has 1 aromatic carbocycles. The van der Waals surface area contributed by atoms with Gasteiger partial charge in [0, 0.05) is 44.3 Å². The number of nitrogens with zero attached hydrogens (tertiary/aromatic N) is 4. The van der Waals surface area contributed by atoms with Crippen molar-refractivity contribution >= 4 is 17.2 Å². The summed E-state index contributed by atoms with van der Waals surface area (Å²) in [7, 11) is 0. The number of rotatable bonds is 3. The maximum absolute atomic E-state index is 12.7. The largest absolute Gasteiger partial charge is 0.368 e. The number of pyridine rings is 1. The molecule has 0 radical (unpaired) electrons. The molecule has 5 nitrogen and oxygen atoms in total. The zero-order valence-corrected chi connectivity index (χ0v) is 15.4. The van der Waals surface area contributed by atoms with Crippen LogP contribution in [-0.2, 0) is 11.2 Å². The Balaban J connectivity index is 1.39.